The van der Waals surface area contributed by atoms with Gasteiger partial charge in [0, 0.05) is 19.0 Å². The Hall–Kier alpha value is -3.03. The summed E-state index contributed by atoms with van der Waals surface area (Å²) < 4.78 is 40.9. The molecule has 0 saturated carbocycles. The number of benzene rings is 2. The van der Waals surface area contributed by atoms with Crippen molar-refractivity contribution in [3.05, 3.63) is 65.7 Å². The Balaban J connectivity index is 1.71. The van der Waals surface area contributed by atoms with Gasteiger partial charge in [-0.1, -0.05) is 42.5 Å². The summed E-state index contributed by atoms with van der Waals surface area (Å²) in [6.07, 6.45) is -4.95. The third-order valence-electron chi connectivity index (χ3n) is 4.70. The molecular weight excluding hydrogens is 375 g/mol. The molecule has 1 aliphatic heterocycles. The third kappa shape index (κ3) is 4.82. The molecule has 8 heteroatoms. The van der Waals surface area contributed by atoms with E-state index in [0.29, 0.717) is 5.56 Å². The highest BCUT2D eigenvalue weighted by Gasteiger charge is 2.40. The molecule has 1 amide bonds. The molecule has 3 rings (SSSR count). The molecule has 1 aliphatic rings. The molecule has 148 valence electrons. The summed E-state index contributed by atoms with van der Waals surface area (Å²) in [6.45, 7) is 0.311. The van der Waals surface area contributed by atoms with E-state index in [4.69, 9.17) is 0 Å². The van der Waals surface area contributed by atoms with E-state index in [9.17, 15) is 27.9 Å². The van der Waals surface area contributed by atoms with E-state index in [1.165, 1.54) is 17.0 Å². The molecule has 2 aromatic carbocycles. The lowest BCUT2D eigenvalue weighted by atomic mass is 9.89. The van der Waals surface area contributed by atoms with Gasteiger partial charge in [-0.3, -0.25) is 9.59 Å². The Labute approximate surface area is 159 Å². The van der Waals surface area contributed by atoms with Crippen LogP contribution in [0.15, 0.2) is 54.6 Å². The number of carbonyl (C=O) groups is 2. The Morgan fingerprint density at radius 1 is 1.07 bits per heavy atom. The highest BCUT2D eigenvalue weighted by Crippen LogP contribution is 2.33. The van der Waals surface area contributed by atoms with Gasteiger partial charge in [0.1, 0.15) is 5.75 Å². The number of hydrogen-bond acceptors (Lipinski definition) is 3. The monoisotopic (exact) mass is 393 g/mol. The Morgan fingerprint density at radius 2 is 1.79 bits per heavy atom. The van der Waals surface area contributed by atoms with Crippen molar-refractivity contribution < 1.29 is 32.6 Å². The van der Waals surface area contributed by atoms with Crippen LogP contribution in [0.25, 0.3) is 0 Å². The van der Waals surface area contributed by atoms with Gasteiger partial charge in [0.15, 0.2) is 0 Å². The second kappa shape index (κ2) is 7.92. The van der Waals surface area contributed by atoms with Gasteiger partial charge in [-0.25, -0.2) is 0 Å². The minimum Gasteiger partial charge on any atom is -0.481 e. The maximum absolute atomic E-state index is 12.6. The van der Waals surface area contributed by atoms with Crippen molar-refractivity contribution in [3.63, 3.8) is 0 Å². The second-order valence-electron chi connectivity index (χ2n) is 6.63. The minimum absolute atomic E-state index is 0.0620. The van der Waals surface area contributed by atoms with Crippen molar-refractivity contribution in [1.29, 1.82) is 0 Å². The first-order valence-electron chi connectivity index (χ1n) is 8.63. The molecule has 2 aromatic rings. The number of halogens is 3. The zero-order chi connectivity index (χ0) is 20.3. The highest BCUT2D eigenvalue weighted by molar-refractivity contribution is 5.81. The summed E-state index contributed by atoms with van der Waals surface area (Å²) in [5.74, 6) is -2.78. The van der Waals surface area contributed by atoms with Crippen LogP contribution >= 0.6 is 0 Å². The van der Waals surface area contributed by atoms with Gasteiger partial charge in [-0.2, -0.15) is 0 Å². The Kier molecular flexibility index (Phi) is 5.58. The number of carboxylic acid groups (broad SMARTS) is 1. The van der Waals surface area contributed by atoms with Crippen molar-refractivity contribution >= 4 is 11.9 Å². The molecule has 0 spiro atoms. The average Bonchev–Trinajstić information content (AvgIpc) is 3.07. The van der Waals surface area contributed by atoms with Crippen LogP contribution in [0.5, 0.6) is 5.75 Å². The highest BCUT2D eigenvalue weighted by atomic mass is 19.4. The standard InChI is InChI=1S/C20H18F3NO4/c21-20(22,23)28-15-8-4-5-13(9-15)10-18(25)24-11-16(17(12-24)19(26)27)14-6-2-1-3-7-14/h1-9,16-17H,10-12H2,(H,26,27)/t16-,17-/m1/s1. The number of amides is 1. The topological polar surface area (TPSA) is 66.8 Å². The summed E-state index contributed by atoms with van der Waals surface area (Å²) in [5.41, 5.74) is 1.20. The van der Waals surface area contributed by atoms with E-state index < -0.39 is 24.0 Å². The number of carbonyl (C=O) groups excluding carboxylic acids is 1. The average molecular weight is 393 g/mol. The number of likely N-dealkylation sites (tertiary alicyclic amines) is 1. The summed E-state index contributed by atoms with van der Waals surface area (Å²) in [7, 11) is 0. The number of alkyl halides is 3. The van der Waals surface area contributed by atoms with Crippen molar-refractivity contribution in [3.8, 4) is 5.75 Å². The predicted octanol–water partition coefficient (Wildman–Crippen LogP) is 3.45. The maximum Gasteiger partial charge on any atom is 0.573 e. The van der Waals surface area contributed by atoms with Crippen molar-refractivity contribution in [2.75, 3.05) is 13.1 Å². The van der Waals surface area contributed by atoms with E-state index in [2.05, 4.69) is 4.74 Å². The lowest BCUT2D eigenvalue weighted by Crippen LogP contribution is -2.31. The molecule has 0 aliphatic carbocycles. The minimum atomic E-state index is -4.81. The molecule has 1 heterocycles. The molecule has 1 saturated heterocycles. The van der Waals surface area contributed by atoms with Crippen LogP contribution in [0.4, 0.5) is 13.2 Å². The van der Waals surface area contributed by atoms with E-state index in [1.807, 2.05) is 30.3 Å². The normalized spacial score (nSPS) is 19.5. The van der Waals surface area contributed by atoms with E-state index in [-0.39, 0.29) is 31.3 Å². The van der Waals surface area contributed by atoms with Crippen LogP contribution in [0.1, 0.15) is 17.0 Å². The van der Waals surface area contributed by atoms with Crippen molar-refractivity contribution in [2.45, 2.75) is 18.7 Å². The predicted molar refractivity (Wildman–Crippen MR) is 93.7 cm³/mol. The van der Waals surface area contributed by atoms with Crippen LogP contribution in [0.2, 0.25) is 0 Å². The lowest BCUT2D eigenvalue weighted by Gasteiger charge is -2.17. The molecular formula is C20H18F3NO4. The number of carboxylic acids is 1. The van der Waals surface area contributed by atoms with Crippen LogP contribution < -0.4 is 4.74 Å². The van der Waals surface area contributed by atoms with Gasteiger partial charge in [0.2, 0.25) is 5.91 Å². The van der Waals surface area contributed by atoms with E-state index in [0.717, 1.165) is 17.7 Å². The molecule has 0 unspecified atom stereocenters. The first-order chi connectivity index (χ1) is 13.2. The van der Waals surface area contributed by atoms with Crippen LogP contribution in [0, 0.1) is 5.92 Å². The van der Waals surface area contributed by atoms with E-state index in [1.54, 1.807) is 0 Å². The van der Waals surface area contributed by atoms with Crippen LogP contribution in [0.3, 0.4) is 0 Å². The molecule has 0 aromatic heterocycles. The number of rotatable bonds is 5. The lowest BCUT2D eigenvalue weighted by molar-refractivity contribution is -0.274. The van der Waals surface area contributed by atoms with Gasteiger partial charge >= 0.3 is 12.3 Å². The first-order valence-corrected chi connectivity index (χ1v) is 8.63. The summed E-state index contributed by atoms with van der Waals surface area (Å²) >= 11 is 0. The molecule has 0 radical (unpaired) electrons. The molecule has 1 N–H and O–H groups in total. The third-order valence-corrected chi connectivity index (χ3v) is 4.70. The zero-order valence-electron chi connectivity index (χ0n) is 14.7. The quantitative estimate of drug-likeness (QED) is 0.845. The molecule has 0 bridgehead atoms. The van der Waals surface area contributed by atoms with E-state index >= 15 is 0 Å². The van der Waals surface area contributed by atoms with Crippen LogP contribution in [-0.2, 0) is 16.0 Å². The van der Waals surface area contributed by atoms with Gasteiger partial charge in [-0.15, -0.1) is 13.2 Å². The van der Waals surface area contributed by atoms with Gasteiger partial charge in [0.05, 0.1) is 12.3 Å². The maximum atomic E-state index is 12.6. The molecule has 2 atom stereocenters. The summed E-state index contributed by atoms with van der Waals surface area (Å²) in [4.78, 5) is 25.7. The number of ether oxygens (including phenoxy) is 1. The fourth-order valence-electron chi connectivity index (χ4n) is 3.43. The molecule has 28 heavy (non-hydrogen) atoms. The SMILES string of the molecule is O=C(O)[C@@H]1CN(C(=O)Cc2cccc(OC(F)(F)F)c2)C[C@@H]1c1ccccc1. The van der Waals surface area contributed by atoms with Crippen molar-refractivity contribution in [1.82, 2.24) is 4.90 Å². The summed E-state index contributed by atoms with van der Waals surface area (Å²) in [6, 6.07) is 14.3. The summed E-state index contributed by atoms with van der Waals surface area (Å²) in [5, 5.41) is 9.52. The second-order valence-corrected chi connectivity index (χ2v) is 6.63. The van der Waals surface area contributed by atoms with Crippen LogP contribution in [-0.4, -0.2) is 41.3 Å². The largest absolute Gasteiger partial charge is 0.573 e. The fraction of sp³-hybridized carbons (Fsp3) is 0.300. The Bertz CT molecular complexity index is 854. The van der Waals surface area contributed by atoms with Crippen molar-refractivity contribution in [2.24, 2.45) is 5.92 Å². The zero-order valence-corrected chi connectivity index (χ0v) is 14.7. The van der Waals surface area contributed by atoms with Gasteiger partial charge in [0.25, 0.3) is 0 Å². The van der Waals surface area contributed by atoms with Gasteiger partial charge in [-0.05, 0) is 23.3 Å². The molecule has 1 fully saturated rings. The van der Waals surface area contributed by atoms with Gasteiger partial charge < -0.3 is 14.7 Å². The fourth-order valence-corrected chi connectivity index (χ4v) is 3.43. The number of nitrogens with zero attached hydrogens (tertiary/aromatic N) is 1. The number of hydrogen-bond donors (Lipinski definition) is 1. The first kappa shape index (κ1) is 19.7. The Morgan fingerprint density at radius 3 is 2.43 bits per heavy atom. The smallest absolute Gasteiger partial charge is 0.481 e. The number of aliphatic carboxylic acids is 1. The molecule has 5 nitrogen and oxygen atoms in total.